The predicted octanol–water partition coefficient (Wildman–Crippen LogP) is 2.00. The molecule has 1 aromatic heterocycles. The predicted molar refractivity (Wildman–Crippen MR) is 72.8 cm³/mol. The van der Waals surface area contributed by atoms with Gasteiger partial charge in [0.15, 0.2) is 0 Å². The first kappa shape index (κ1) is 15.6. The third kappa shape index (κ3) is 4.31. The van der Waals surface area contributed by atoms with Crippen molar-refractivity contribution in [3.63, 3.8) is 0 Å². The first-order chi connectivity index (χ1) is 9.28. The van der Waals surface area contributed by atoms with Crippen LogP contribution in [0.2, 0.25) is 0 Å². The fourth-order valence-corrected chi connectivity index (χ4v) is 1.87. The molecule has 0 aliphatic heterocycles. The van der Waals surface area contributed by atoms with Crippen molar-refractivity contribution in [1.82, 2.24) is 4.98 Å². The quantitative estimate of drug-likeness (QED) is 0.576. The molecule has 0 saturated heterocycles. The highest BCUT2D eigenvalue weighted by molar-refractivity contribution is 5.69. The van der Waals surface area contributed by atoms with Crippen LogP contribution in [0, 0.1) is 0 Å². The lowest BCUT2D eigenvalue weighted by atomic mass is 9.99. The van der Waals surface area contributed by atoms with Gasteiger partial charge >= 0.3 is 0 Å². The van der Waals surface area contributed by atoms with Gasteiger partial charge in [0.05, 0.1) is 20.3 Å². The lowest BCUT2D eigenvalue weighted by Crippen LogP contribution is -2.04. The van der Waals surface area contributed by atoms with Crippen LogP contribution in [0.25, 0.3) is 5.57 Å². The average Bonchev–Trinajstić information content (AvgIpc) is 2.45. The van der Waals surface area contributed by atoms with Crippen LogP contribution in [0.1, 0.15) is 24.5 Å². The van der Waals surface area contributed by atoms with Crippen LogP contribution in [0.3, 0.4) is 0 Å². The first-order valence-corrected chi connectivity index (χ1v) is 6.17. The van der Waals surface area contributed by atoms with E-state index in [1.165, 1.54) is 0 Å². The van der Waals surface area contributed by atoms with Crippen LogP contribution in [0.15, 0.2) is 18.3 Å². The number of nitrogens with zero attached hydrogens (tertiary/aromatic N) is 1. The molecule has 5 heteroatoms. The molecule has 0 unspecified atom stereocenters. The Kier molecular flexibility index (Phi) is 7.10. The van der Waals surface area contributed by atoms with Gasteiger partial charge in [0.2, 0.25) is 5.88 Å². The zero-order valence-electron chi connectivity index (χ0n) is 11.7. The Balaban J connectivity index is 3.10. The average molecular weight is 267 g/mol. The van der Waals surface area contributed by atoms with E-state index in [2.05, 4.69) is 4.98 Å². The molecular formula is C14H21NO4. The van der Waals surface area contributed by atoms with Crippen molar-refractivity contribution in [2.75, 3.05) is 27.6 Å². The number of allylic oxidation sites excluding steroid dienone is 1. The summed E-state index contributed by atoms with van der Waals surface area (Å²) in [6, 6.07) is 1.90. The van der Waals surface area contributed by atoms with Gasteiger partial charge in [-0.25, -0.2) is 4.98 Å². The summed E-state index contributed by atoms with van der Waals surface area (Å²) < 4.78 is 15.5. The lowest BCUT2D eigenvalue weighted by molar-refractivity contribution is -0.0396. The number of aromatic nitrogens is 1. The van der Waals surface area contributed by atoms with E-state index in [4.69, 9.17) is 19.3 Å². The smallest absolute Gasteiger partial charge is 0.219 e. The fraction of sp³-hybridized carbons (Fsp3) is 0.500. The number of aliphatic hydroxyl groups is 1. The number of hydrogen-bond acceptors (Lipinski definition) is 5. The standard InChI is InChI=1S/C14H21NO4/c1-4-11(6-8-16)12-5-7-15-14(18-3)13(12)9-19-10-17-2/h5-7,16H,4,8-10H2,1-3H3/b11-6-. The molecule has 5 nitrogen and oxygen atoms in total. The number of hydrogen-bond donors (Lipinski definition) is 1. The Hall–Kier alpha value is -1.43. The second kappa shape index (κ2) is 8.63. The Morgan fingerprint density at radius 2 is 2.21 bits per heavy atom. The molecule has 0 aromatic carbocycles. The normalized spacial score (nSPS) is 11.7. The van der Waals surface area contributed by atoms with Gasteiger partial charge in [-0.15, -0.1) is 0 Å². The van der Waals surface area contributed by atoms with Crippen molar-refractivity contribution in [2.45, 2.75) is 20.0 Å². The molecule has 1 heterocycles. The number of aliphatic hydroxyl groups excluding tert-OH is 1. The molecule has 0 saturated carbocycles. The number of rotatable bonds is 8. The summed E-state index contributed by atoms with van der Waals surface area (Å²) in [5.74, 6) is 0.533. The second-order valence-electron chi connectivity index (χ2n) is 3.87. The zero-order chi connectivity index (χ0) is 14.1. The van der Waals surface area contributed by atoms with Crippen LogP contribution in [0.5, 0.6) is 5.88 Å². The van der Waals surface area contributed by atoms with Gasteiger partial charge in [-0.2, -0.15) is 0 Å². The minimum absolute atomic E-state index is 0.00613. The molecule has 0 spiro atoms. The third-order valence-corrected chi connectivity index (χ3v) is 2.72. The van der Waals surface area contributed by atoms with Crippen LogP contribution >= 0.6 is 0 Å². The summed E-state index contributed by atoms with van der Waals surface area (Å²) in [4.78, 5) is 4.18. The molecule has 0 amide bonds. The molecule has 0 bridgehead atoms. The maximum Gasteiger partial charge on any atom is 0.219 e. The van der Waals surface area contributed by atoms with Crippen LogP contribution in [-0.2, 0) is 16.1 Å². The third-order valence-electron chi connectivity index (χ3n) is 2.72. The SMILES string of the molecule is CC/C(=C/CO)c1ccnc(OC)c1COCOC. The first-order valence-electron chi connectivity index (χ1n) is 6.17. The van der Waals surface area contributed by atoms with E-state index in [1.807, 2.05) is 13.0 Å². The van der Waals surface area contributed by atoms with Gasteiger partial charge in [0.25, 0.3) is 0 Å². The van der Waals surface area contributed by atoms with Gasteiger partial charge in [0.1, 0.15) is 6.79 Å². The van der Waals surface area contributed by atoms with Crippen molar-refractivity contribution in [3.05, 3.63) is 29.5 Å². The van der Waals surface area contributed by atoms with E-state index in [0.29, 0.717) is 12.5 Å². The molecule has 0 radical (unpaired) electrons. The number of pyridine rings is 1. The monoisotopic (exact) mass is 267 g/mol. The minimum Gasteiger partial charge on any atom is -0.481 e. The second-order valence-corrected chi connectivity index (χ2v) is 3.87. The summed E-state index contributed by atoms with van der Waals surface area (Å²) in [6.07, 6.45) is 4.29. The molecule has 1 aromatic rings. The van der Waals surface area contributed by atoms with Gasteiger partial charge in [-0.3, -0.25) is 0 Å². The van der Waals surface area contributed by atoms with Crippen molar-refractivity contribution < 1.29 is 19.3 Å². The molecule has 0 aliphatic carbocycles. The molecule has 1 rings (SSSR count). The van der Waals surface area contributed by atoms with Gasteiger partial charge < -0.3 is 19.3 Å². The molecule has 106 valence electrons. The highest BCUT2D eigenvalue weighted by atomic mass is 16.7. The van der Waals surface area contributed by atoms with Crippen molar-refractivity contribution >= 4 is 5.57 Å². The minimum atomic E-state index is 0.00613. The molecule has 0 fully saturated rings. The highest BCUT2D eigenvalue weighted by Gasteiger charge is 2.13. The molecule has 19 heavy (non-hydrogen) atoms. The summed E-state index contributed by atoms with van der Waals surface area (Å²) in [6.45, 7) is 2.60. The summed E-state index contributed by atoms with van der Waals surface area (Å²) >= 11 is 0. The number of methoxy groups -OCH3 is 2. The summed E-state index contributed by atoms with van der Waals surface area (Å²) in [7, 11) is 3.15. The van der Waals surface area contributed by atoms with Crippen LogP contribution in [-0.4, -0.2) is 37.7 Å². The van der Waals surface area contributed by atoms with E-state index in [9.17, 15) is 0 Å². The lowest BCUT2D eigenvalue weighted by Gasteiger charge is -2.14. The summed E-state index contributed by atoms with van der Waals surface area (Å²) in [5.41, 5.74) is 2.89. The maximum absolute atomic E-state index is 9.09. The zero-order valence-corrected chi connectivity index (χ0v) is 11.7. The molecule has 0 aliphatic rings. The van der Waals surface area contributed by atoms with Crippen molar-refractivity contribution in [2.24, 2.45) is 0 Å². The van der Waals surface area contributed by atoms with Gasteiger partial charge in [-0.05, 0) is 23.6 Å². The molecule has 0 atom stereocenters. The van der Waals surface area contributed by atoms with E-state index < -0.39 is 0 Å². The van der Waals surface area contributed by atoms with Crippen LogP contribution in [0.4, 0.5) is 0 Å². The maximum atomic E-state index is 9.09. The van der Waals surface area contributed by atoms with Gasteiger partial charge in [0, 0.05) is 18.9 Å². The van der Waals surface area contributed by atoms with E-state index >= 15 is 0 Å². The summed E-state index contributed by atoms with van der Waals surface area (Å²) in [5, 5.41) is 9.09. The molecular weight excluding hydrogens is 246 g/mol. The molecule has 1 N–H and O–H groups in total. The van der Waals surface area contributed by atoms with Crippen molar-refractivity contribution in [1.29, 1.82) is 0 Å². The Bertz CT molecular complexity index is 418. The fourth-order valence-electron chi connectivity index (χ4n) is 1.87. The van der Waals surface area contributed by atoms with Crippen LogP contribution < -0.4 is 4.74 Å². The van der Waals surface area contributed by atoms with E-state index in [1.54, 1.807) is 26.5 Å². The number of ether oxygens (including phenoxy) is 3. The Morgan fingerprint density at radius 1 is 1.42 bits per heavy atom. The van der Waals surface area contributed by atoms with E-state index in [0.717, 1.165) is 23.1 Å². The van der Waals surface area contributed by atoms with Crippen molar-refractivity contribution in [3.8, 4) is 5.88 Å². The van der Waals surface area contributed by atoms with E-state index in [-0.39, 0.29) is 13.4 Å². The topological polar surface area (TPSA) is 60.8 Å². The Labute approximate surface area is 113 Å². The largest absolute Gasteiger partial charge is 0.481 e. The van der Waals surface area contributed by atoms with Gasteiger partial charge in [-0.1, -0.05) is 13.0 Å². The highest BCUT2D eigenvalue weighted by Crippen LogP contribution is 2.28. The Morgan fingerprint density at radius 3 is 2.79 bits per heavy atom.